The van der Waals surface area contributed by atoms with Gasteiger partial charge in [0.1, 0.15) is 6.61 Å². The van der Waals surface area contributed by atoms with Crippen molar-refractivity contribution in [2.75, 3.05) is 19.7 Å². The van der Waals surface area contributed by atoms with Gasteiger partial charge in [-0.1, -0.05) is 6.92 Å². The Hall–Kier alpha value is -0.0200. The lowest BCUT2D eigenvalue weighted by Gasteiger charge is -2.40. The summed E-state index contributed by atoms with van der Waals surface area (Å²) in [5.41, 5.74) is 0. The van der Waals surface area contributed by atoms with Crippen LogP contribution in [0.4, 0.5) is 0 Å². The number of rotatable bonds is 9. The minimum atomic E-state index is -2.74. The van der Waals surface area contributed by atoms with E-state index >= 15 is 0 Å². The van der Waals surface area contributed by atoms with Crippen molar-refractivity contribution in [1.82, 2.24) is 4.67 Å². The molecule has 7 heteroatoms. The van der Waals surface area contributed by atoms with Gasteiger partial charge < -0.3 is 18.6 Å². The first kappa shape index (κ1) is 18.3. The van der Waals surface area contributed by atoms with E-state index in [4.69, 9.17) is 33.5 Å². The second-order valence-electron chi connectivity index (χ2n) is 5.88. The van der Waals surface area contributed by atoms with E-state index in [1.807, 2.05) is 6.92 Å². The van der Waals surface area contributed by atoms with Gasteiger partial charge in [0.25, 0.3) is 6.64 Å². The Labute approximate surface area is 141 Å². The number of hydrogen-bond donors (Lipinski definition) is 0. The van der Waals surface area contributed by atoms with Crippen molar-refractivity contribution in [1.29, 1.82) is 0 Å². The lowest BCUT2D eigenvalue weighted by molar-refractivity contribution is 0.0402. The zero-order chi connectivity index (χ0) is 17.6. The smallest absolute Gasteiger partial charge is 0.265 e. The molecule has 4 atom stereocenters. The molecule has 0 radical (unpaired) electrons. The summed E-state index contributed by atoms with van der Waals surface area (Å²) in [6, 6.07) is 0.339. The van der Waals surface area contributed by atoms with E-state index < -0.39 is 13.2 Å². The standard InChI is InChI=1S/C15H29N2O3PS/c1-7-14-15(8-10-18-14)20-21(22,19-11-9-16-6)17(12(2)3)13(4)5/h12-15H,7-11H2,1-5H3/t14-,15-,21?/m1/s1/i10T/t10?,14-,15-,21?. The van der Waals surface area contributed by atoms with Crippen molar-refractivity contribution in [3.8, 4) is 0 Å². The molecule has 22 heavy (non-hydrogen) atoms. The summed E-state index contributed by atoms with van der Waals surface area (Å²) in [5.74, 6) is 0. The molecule has 0 amide bonds. The van der Waals surface area contributed by atoms with E-state index in [0.29, 0.717) is 6.42 Å². The molecule has 0 aliphatic carbocycles. The highest BCUT2D eigenvalue weighted by molar-refractivity contribution is 8.08. The Kier molecular flexibility index (Phi) is 7.76. The Morgan fingerprint density at radius 2 is 2.09 bits per heavy atom. The zero-order valence-corrected chi connectivity index (χ0v) is 15.9. The summed E-state index contributed by atoms with van der Waals surface area (Å²) in [4.78, 5) is 3.33. The third-order valence-electron chi connectivity index (χ3n) is 3.48. The minimum absolute atomic E-state index is 0.120. The molecule has 0 aromatic rings. The van der Waals surface area contributed by atoms with E-state index in [0.717, 1.165) is 6.42 Å². The number of hydrogen-bond acceptors (Lipinski definition) is 4. The van der Waals surface area contributed by atoms with Crippen molar-refractivity contribution in [3.05, 3.63) is 11.4 Å². The molecule has 1 saturated heterocycles. The van der Waals surface area contributed by atoms with Crippen LogP contribution >= 0.6 is 6.64 Å². The lowest BCUT2D eigenvalue weighted by Crippen LogP contribution is -2.37. The molecule has 0 bridgehead atoms. The quantitative estimate of drug-likeness (QED) is 0.359. The molecule has 1 aliphatic rings. The molecular formula is C15H29N2O3PS. The molecule has 0 aromatic carbocycles. The third-order valence-corrected chi connectivity index (χ3v) is 7.16. The fourth-order valence-electron chi connectivity index (χ4n) is 2.67. The molecule has 1 rings (SSSR count). The van der Waals surface area contributed by atoms with Crippen LogP contribution in [0, 0.1) is 6.57 Å². The van der Waals surface area contributed by atoms with Crippen molar-refractivity contribution < 1.29 is 15.2 Å². The molecule has 0 spiro atoms. The van der Waals surface area contributed by atoms with Crippen LogP contribution in [0.1, 0.15) is 48.8 Å². The Bertz CT molecular complexity index is 450. The monoisotopic (exact) mass is 350 g/mol. The summed E-state index contributed by atoms with van der Waals surface area (Å²) in [6.07, 6.45) is 0.945. The van der Waals surface area contributed by atoms with Crippen LogP contribution < -0.4 is 0 Å². The first-order valence-corrected chi connectivity index (χ1v) is 10.5. The van der Waals surface area contributed by atoms with Gasteiger partial charge >= 0.3 is 0 Å². The maximum Gasteiger partial charge on any atom is 0.265 e. The normalized spacial score (nSPS) is 28.9. The van der Waals surface area contributed by atoms with Gasteiger partial charge in [-0.2, -0.15) is 0 Å². The summed E-state index contributed by atoms with van der Waals surface area (Å²) in [6.45, 7) is 14.4. The Morgan fingerprint density at radius 3 is 2.59 bits per heavy atom. The van der Waals surface area contributed by atoms with Gasteiger partial charge in [-0.05, 0) is 52.3 Å². The molecule has 0 N–H and O–H groups in total. The topological polar surface area (TPSA) is 35.3 Å². The number of nitrogens with zero attached hydrogens (tertiary/aromatic N) is 2. The highest BCUT2D eigenvalue weighted by Gasteiger charge is 2.39. The van der Waals surface area contributed by atoms with Crippen LogP contribution in [0.5, 0.6) is 0 Å². The predicted molar refractivity (Wildman–Crippen MR) is 93.3 cm³/mol. The van der Waals surface area contributed by atoms with Gasteiger partial charge in [-0.3, -0.25) is 0 Å². The maximum atomic E-state index is 7.83. The van der Waals surface area contributed by atoms with E-state index in [2.05, 4.69) is 37.2 Å². The van der Waals surface area contributed by atoms with Crippen LogP contribution in [0.25, 0.3) is 4.85 Å². The summed E-state index contributed by atoms with van der Waals surface area (Å²) in [5, 5.41) is 0. The van der Waals surface area contributed by atoms with E-state index in [1.54, 1.807) is 0 Å². The molecule has 0 aromatic heterocycles. The largest absolute Gasteiger partial charge is 0.375 e. The van der Waals surface area contributed by atoms with E-state index in [9.17, 15) is 0 Å². The van der Waals surface area contributed by atoms with Gasteiger partial charge in [0, 0.05) is 18.7 Å². The zero-order valence-electron chi connectivity index (χ0n) is 15.2. The average molecular weight is 350 g/mol. The highest BCUT2D eigenvalue weighted by atomic mass is 32.5. The Morgan fingerprint density at radius 1 is 1.45 bits per heavy atom. The van der Waals surface area contributed by atoms with Gasteiger partial charge in [0.05, 0.1) is 13.6 Å². The molecule has 0 saturated carbocycles. The molecule has 2 unspecified atom stereocenters. The van der Waals surface area contributed by atoms with Crippen LogP contribution in [0.2, 0.25) is 0 Å². The van der Waals surface area contributed by atoms with Gasteiger partial charge in [-0.25, -0.2) is 11.2 Å². The van der Waals surface area contributed by atoms with Crippen molar-refractivity contribution in [3.63, 3.8) is 0 Å². The molecule has 1 fully saturated rings. The summed E-state index contributed by atoms with van der Waals surface area (Å²) < 4.78 is 27.7. The molecule has 1 heterocycles. The SMILES string of the molecule is [3H]C1C[C@@H](OP(=S)(OCC[N+]#[C-])N(C(C)C)C(C)C)[C@@H](CC)O1. The second kappa shape index (κ2) is 9.32. The van der Waals surface area contributed by atoms with E-state index in [1.165, 1.54) is 0 Å². The lowest BCUT2D eigenvalue weighted by atomic mass is 10.1. The fraction of sp³-hybridized carbons (Fsp3) is 0.933. The predicted octanol–water partition coefficient (Wildman–Crippen LogP) is 3.85. The first-order valence-electron chi connectivity index (χ1n) is 8.45. The van der Waals surface area contributed by atoms with Gasteiger partial charge in [-0.15, -0.1) is 0 Å². The Balaban J connectivity index is 2.99. The van der Waals surface area contributed by atoms with Crippen LogP contribution in [0.3, 0.4) is 0 Å². The minimum Gasteiger partial charge on any atom is -0.375 e. The first-order chi connectivity index (χ1) is 10.7. The van der Waals surface area contributed by atoms with Crippen LogP contribution in [0.15, 0.2) is 0 Å². The summed E-state index contributed by atoms with van der Waals surface area (Å²) >= 11 is 5.84. The molecule has 5 nitrogen and oxygen atoms in total. The highest BCUT2D eigenvalue weighted by Crippen LogP contribution is 2.56. The summed E-state index contributed by atoms with van der Waals surface area (Å²) in [7, 11) is 0. The van der Waals surface area contributed by atoms with Crippen LogP contribution in [-0.4, -0.2) is 48.7 Å². The van der Waals surface area contributed by atoms with Gasteiger partial charge in [0.2, 0.25) is 6.54 Å². The molecule has 1 aliphatic heterocycles. The second-order valence-corrected chi connectivity index (χ2v) is 9.13. The van der Waals surface area contributed by atoms with Crippen LogP contribution in [-0.2, 0) is 25.6 Å². The average Bonchev–Trinajstić information content (AvgIpc) is 2.77. The third kappa shape index (κ3) is 5.26. The maximum absolute atomic E-state index is 7.83. The van der Waals surface area contributed by atoms with Crippen molar-refractivity contribution >= 4 is 18.4 Å². The van der Waals surface area contributed by atoms with Crippen molar-refractivity contribution in [2.45, 2.75) is 71.8 Å². The fourth-order valence-corrected chi connectivity index (χ4v) is 6.67. The molecule has 128 valence electrons. The number of ether oxygens (including phenoxy) is 1. The van der Waals surface area contributed by atoms with Crippen molar-refractivity contribution in [2.24, 2.45) is 0 Å². The van der Waals surface area contributed by atoms with Gasteiger partial charge in [0.15, 0.2) is 0 Å². The van der Waals surface area contributed by atoms with E-state index in [-0.39, 0.29) is 37.4 Å². The molecular weight excluding hydrogens is 319 g/mol.